The molecule has 1 aromatic rings. The van der Waals surface area contributed by atoms with Crippen molar-refractivity contribution in [3.63, 3.8) is 0 Å². The van der Waals surface area contributed by atoms with Crippen molar-refractivity contribution in [1.29, 1.82) is 0 Å². The fraction of sp³-hybridized carbons (Fsp3) is 0.696. The lowest BCUT2D eigenvalue weighted by molar-refractivity contribution is -0.116. The van der Waals surface area contributed by atoms with E-state index in [4.69, 9.17) is 9.47 Å². The number of amides is 1. The van der Waals surface area contributed by atoms with Gasteiger partial charge in [0.05, 0.1) is 6.61 Å². The molecular formula is C23H39NO3. The third-order valence-electron chi connectivity index (χ3n) is 4.70. The minimum atomic E-state index is 0.0963. The van der Waals surface area contributed by atoms with Gasteiger partial charge in [-0.05, 0) is 30.7 Å². The van der Waals surface area contributed by atoms with Crippen LogP contribution in [0.15, 0.2) is 24.3 Å². The second-order valence-electron chi connectivity index (χ2n) is 7.20. The molecule has 4 heteroatoms. The summed E-state index contributed by atoms with van der Waals surface area (Å²) in [7, 11) is 1.65. The first-order chi connectivity index (χ1) is 13.3. The third-order valence-corrected chi connectivity index (χ3v) is 4.70. The highest BCUT2D eigenvalue weighted by Gasteiger charge is 2.03. The van der Waals surface area contributed by atoms with Crippen LogP contribution in [-0.2, 0) is 9.53 Å². The molecule has 0 aliphatic carbocycles. The number of ether oxygens (including phenoxy) is 2. The monoisotopic (exact) mass is 377 g/mol. The van der Waals surface area contributed by atoms with E-state index < -0.39 is 0 Å². The molecule has 1 amide bonds. The average Bonchev–Trinajstić information content (AvgIpc) is 2.67. The highest BCUT2D eigenvalue weighted by Crippen LogP contribution is 2.16. The second-order valence-corrected chi connectivity index (χ2v) is 7.20. The lowest BCUT2D eigenvalue weighted by Gasteiger charge is -2.08. The van der Waals surface area contributed by atoms with Crippen molar-refractivity contribution in [2.45, 2.75) is 84.0 Å². The maximum absolute atomic E-state index is 12.0. The number of rotatable bonds is 17. The first-order valence-electron chi connectivity index (χ1n) is 10.8. The summed E-state index contributed by atoms with van der Waals surface area (Å²) < 4.78 is 10.5. The first kappa shape index (κ1) is 23.5. The van der Waals surface area contributed by atoms with Crippen LogP contribution in [0.4, 0.5) is 5.69 Å². The minimum absolute atomic E-state index is 0.0963. The molecule has 0 unspecified atom stereocenters. The van der Waals surface area contributed by atoms with Gasteiger partial charge in [0, 0.05) is 19.2 Å². The Kier molecular flexibility index (Phi) is 14.5. The fourth-order valence-electron chi connectivity index (χ4n) is 3.05. The molecule has 0 heterocycles. The summed E-state index contributed by atoms with van der Waals surface area (Å²) in [5, 5.41) is 2.95. The first-order valence-corrected chi connectivity index (χ1v) is 10.8. The SMILES string of the molecule is CCCCCCCCCCCCCC(=O)Nc1ccc(OCCOC)cc1. The molecule has 0 saturated carbocycles. The standard InChI is InChI=1S/C23H39NO3/c1-3-4-5-6-7-8-9-10-11-12-13-14-23(25)24-21-15-17-22(18-16-21)27-20-19-26-2/h15-18H,3-14,19-20H2,1-2H3,(H,24,25). The van der Waals surface area contributed by atoms with Gasteiger partial charge in [-0.1, -0.05) is 71.1 Å². The van der Waals surface area contributed by atoms with E-state index in [0.29, 0.717) is 19.6 Å². The van der Waals surface area contributed by atoms with Gasteiger partial charge in [-0.2, -0.15) is 0 Å². The van der Waals surface area contributed by atoms with Crippen LogP contribution in [0.3, 0.4) is 0 Å². The van der Waals surface area contributed by atoms with Gasteiger partial charge < -0.3 is 14.8 Å². The maximum Gasteiger partial charge on any atom is 0.224 e. The fourth-order valence-corrected chi connectivity index (χ4v) is 3.05. The topological polar surface area (TPSA) is 47.6 Å². The van der Waals surface area contributed by atoms with Gasteiger partial charge in [0.1, 0.15) is 12.4 Å². The predicted octanol–water partition coefficient (Wildman–Crippen LogP) is 6.35. The van der Waals surface area contributed by atoms with Crippen LogP contribution in [0.5, 0.6) is 5.75 Å². The summed E-state index contributed by atoms with van der Waals surface area (Å²) in [4.78, 5) is 12.0. The summed E-state index contributed by atoms with van der Waals surface area (Å²) in [6.45, 7) is 3.36. The van der Waals surface area contributed by atoms with Gasteiger partial charge in [-0.15, -0.1) is 0 Å². The molecule has 0 spiro atoms. The molecule has 0 saturated heterocycles. The normalized spacial score (nSPS) is 10.7. The van der Waals surface area contributed by atoms with Crippen LogP contribution in [0.2, 0.25) is 0 Å². The largest absolute Gasteiger partial charge is 0.491 e. The zero-order chi connectivity index (χ0) is 19.6. The second kappa shape index (κ2) is 16.6. The van der Waals surface area contributed by atoms with Crippen LogP contribution >= 0.6 is 0 Å². The number of unbranched alkanes of at least 4 members (excludes halogenated alkanes) is 10. The van der Waals surface area contributed by atoms with Gasteiger partial charge in [0.15, 0.2) is 0 Å². The number of hydrogen-bond donors (Lipinski definition) is 1. The number of hydrogen-bond acceptors (Lipinski definition) is 3. The van der Waals surface area contributed by atoms with Crippen molar-refractivity contribution in [3.8, 4) is 5.75 Å². The molecule has 27 heavy (non-hydrogen) atoms. The van der Waals surface area contributed by atoms with Gasteiger partial charge in [-0.25, -0.2) is 0 Å². The Morgan fingerprint density at radius 1 is 0.815 bits per heavy atom. The van der Waals surface area contributed by atoms with Gasteiger partial charge in [-0.3, -0.25) is 4.79 Å². The van der Waals surface area contributed by atoms with Gasteiger partial charge in [0.25, 0.3) is 0 Å². The summed E-state index contributed by atoms with van der Waals surface area (Å²) in [6, 6.07) is 7.49. The molecule has 0 bridgehead atoms. The van der Waals surface area contributed by atoms with Crippen LogP contribution in [0.1, 0.15) is 84.0 Å². The Morgan fingerprint density at radius 3 is 1.93 bits per heavy atom. The predicted molar refractivity (Wildman–Crippen MR) is 114 cm³/mol. The van der Waals surface area contributed by atoms with Gasteiger partial charge in [0.2, 0.25) is 5.91 Å². The zero-order valence-corrected chi connectivity index (χ0v) is 17.4. The Hall–Kier alpha value is -1.55. The van der Waals surface area contributed by atoms with Gasteiger partial charge >= 0.3 is 0 Å². The number of anilines is 1. The quantitative estimate of drug-likeness (QED) is 0.322. The van der Waals surface area contributed by atoms with E-state index in [1.807, 2.05) is 24.3 Å². The van der Waals surface area contributed by atoms with Crippen molar-refractivity contribution >= 4 is 11.6 Å². The van der Waals surface area contributed by atoms with Crippen LogP contribution < -0.4 is 10.1 Å². The molecule has 1 rings (SSSR count). The van der Waals surface area contributed by atoms with E-state index >= 15 is 0 Å². The smallest absolute Gasteiger partial charge is 0.224 e. The summed E-state index contributed by atoms with van der Waals surface area (Å²) in [5.74, 6) is 0.884. The van der Waals surface area contributed by atoms with E-state index in [0.717, 1.165) is 24.3 Å². The Bertz CT molecular complexity index is 473. The van der Waals surface area contributed by atoms with E-state index in [9.17, 15) is 4.79 Å². The molecular weight excluding hydrogens is 338 g/mol. The molecule has 0 aliphatic heterocycles. The van der Waals surface area contributed by atoms with Crippen molar-refractivity contribution in [3.05, 3.63) is 24.3 Å². The minimum Gasteiger partial charge on any atom is -0.491 e. The zero-order valence-electron chi connectivity index (χ0n) is 17.4. The van der Waals surface area contributed by atoms with Crippen molar-refractivity contribution in [2.24, 2.45) is 0 Å². The molecule has 0 atom stereocenters. The Labute approximate surface area is 166 Å². The highest BCUT2D eigenvalue weighted by atomic mass is 16.5. The summed E-state index contributed by atoms with van der Waals surface area (Å²) in [6.07, 6.45) is 14.9. The molecule has 0 fully saturated rings. The summed E-state index contributed by atoms with van der Waals surface area (Å²) >= 11 is 0. The number of methoxy groups -OCH3 is 1. The van der Waals surface area contributed by atoms with Crippen LogP contribution in [-0.4, -0.2) is 26.2 Å². The molecule has 0 aromatic heterocycles. The van der Waals surface area contributed by atoms with Crippen LogP contribution in [0.25, 0.3) is 0 Å². The maximum atomic E-state index is 12.0. The molecule has 0 aliphatic rings. The van der Waals surface area contributed by atoms with E-state index in [1.54, 1.807) is 7.11 Å². The Balaban J connectivity index is 1.99. The molecule has 1 N–H and O–H groups in total. The third kappa shape index (κ3) is 13.3. The number of carbonyl (C=O) groups is 1. The number of benzene rings is 1. The molecule has 154 valence electrons. The molecule has 1 aromatic carbocycles. The van der Waals surface area contributed by atoms with E-state index in [1.165, 1.54) is 57.8 Å². The lowest BCUT2D eigenvalue weighted by Crippen LogP contribution is -2.11. The molecule has 0 radical (unpaired) electrons. The van der Waals surface area contributed by atoms with Crippen molar-refractivity contribution < 1.29 is 14.3 Å². The van der Waals surface area contributed by atoms with Crippen LogP contribution in [0, 0.1) is 0 Å². The number of carbonyl (C=O) groups excluding carboxylic acids is 1. The Morgan fingerprint density at radius 2 is 1.37 bits per heavy atom. The molecule has 4 nitrogen and oxygen atoms in total. The van der Waals surface area contributed by atoms with Crippen molar-refractivity contribution in [1.82, 2.24) is 0 Å². The van der Waals surface area contributed by atoms with Crippen molar-refractivity contribution in [2.75, 3.05) is 25.6 Å². The lowest BCUT2D eigenvalue weighted by atomic mass is 10.1. The van der Waals surface area contributed by atoms with E-state index in [2.05, 4.69) is 12.2 Å². The highest BCUT2D eigenvalue weighted by molar-refractivity contribution is 5.90. The number of nitrogens with one attached hydrogen (secondary N) is 1. The van der Waals surface area contributed by atoms with E-state index in [-0.39, 0.29) is 5.91 Å². The average molecular weight is 378 g/mol. The summed E-state index contributed by atoms with van der Waals surface area (Å²) in [5.41, 5.74) is 0.821.